The highest BCUT2D eigenvalue weighted by atomic mass is 16.6. The van der Waals surface area contributed by atoms with Gasteiger partial charge in [0, 0.05) is 64.6 Å². The molecule has 6 aliphatic rings. The predicted molar refractivity (Wildman–Crippen MR) is 424 cm³/mol. The van der Waals surface area contributed by atoms with Gasteiger partial charge in [0.25, 0.3) is 11.8 Å². The molecule has 3 unspecified atom stereocenters. The van der Waals surface area contributed by atoms with E-state index in [1.54, 1.807) is 122 Å². The van der Waals surface area contributed by atoms with Crippen LogP contribution < -0.4 is 42.5 Å². The van der Waals surface area contributed by atoms with Crippen molar-refractivity contribution in [2.75, 3.05) is 39.4 Å². The molecule has 4 aliphatic heterocycles. The molecule has 4 aromatic rings. The third-order valence-corrected chi connectivity index (χ3v) is 21.5. The van der Waals surface area contributed by atoms with Crippen molar-refractivity contribution < 1.29 is 86.4 Å². The Morgan fingerprint density at radius 3 is 1.39 bits per heavy atom. The molecule has 4 fully saturated rings. The number of aromatic nitrogens is 4. The Morgan fingerprint density at radius 1 is 0.543 bits per heavy atom. The summed E-state index contributed by atoms with van der Waals surface area (Å²) in [7, 11) is 0. The fourth-order valence-corrected chi connectivity index (χ4v) is 15.8. The molecule has 8 bridgehead atoms. The van der Waals surface area contributed by atoms with Crippen LogP contribution in [0.15, 0.2) is 85.7 Å². The van der Waals surface area contributed by atoms with E-state index >= 15 is 0 Å². The first-order chi connectivity index (χ1) is 55.4. The van der Waals surface area contributed by atoms with Gasteiger partial charge in [0.2, 0.25) is 53.0 Å². The van der Waals surface area contributed by atoms with Crippen LogP contribution in [0.2, 0.25) is 0 Å². The molecule has 0 radical (unpaired) electrons. The highest BCUT2D eigenvalue weighted by molar-refractivity contribution is 6.38. The van der Waals surface area contributed by atoms with Gasteiger partial charge >= 0.3 is 11.9 Å². The highest BCUT2D eigenvalue weighted by Crippen LogP contribution is 2.34. The number of rotatable bonds is 24. The van der Waals surface area contributed by atoms with Crippen molar-refractivity contribution in [1.29, 1.82) is 0 Å². The topological polar surface area (TPSA) is 417 Å². The lowest BCUT2D eigenvalue weighted by molar-refractivity contribution is -0.159. The zero-order valence-electron chi connectivity index (χ0n) is 68.4. The molecule has 10 amide bonds. The van der Waals surface area contributed by atoms with Crippen LogP contribution >= 0.6 is 0 Å². The van der Waals surface area contributed by atoms with E-state index in [-0.39, 0.29) is 87.1 Å². The number of aliphatic hydroxyl groups is 1. The third kappa shape index (κ3) is 27.1. The second-order valence-corrected chi connectivity index (χ2v) is 33.2. The Bertz CT molecular complexity index is 4000. The van der Waals surface area contributed by atoms with E-state index in [1.165, 1.54) is 9.80 Å². The van der Waals surface area contributed by atoms with Gasteiger partial charge in [-0.2, -0.15) is 0 Å². The van der Waals surface area contributed by atoms with E-state index in [0.29, 0.717) is 61.7 Å². The van der Waals surface area contributed by atoms with Crippen LogP contribution in [-0.4, -0.2) is 216 Å². The quantitative estimate of drug-likeness (QED) is 0.0340. The number of hydrogen-bond acceptors (Lipinski definition) is 20. The minimum absolute atomic E-state index is 0.0149. The molecule has 2 aliphatic carbocycles. The Hall–Kier alpha value is -9.95. The lowest BCUT2D eigenvalue weighted by Crippen LogP contribution is -2.58. The fourth-order valence-electron chi connectivity index (χ4n) is 15.8. The van der Waals surface area contributed by atoms with E-state index in [4.69, 9.17) is 18.9 Å². The van der Waals surface area contributed by atoms with E-state index in [9.17, 15) is 67.4 Å². The maximum absolute atomic E-state index is 14.5. The number of carbonyl (C=O) groups excluding carboxylic acids is 13. The van der Waals surface area contributed by atoms with Gasteiger partial charge in [-0.25, -0.2) is 19.6 Å². The molecule has 2 saturated carbocycles. The lowest BCUT2D eigenvalue weighted by Gasteiger charge is -2.35. The summed E-state index contributed by atoms with van der Waals surface area (Å²) in [5.41, 5.74) is 0.533. The monoisotopic (exact) mass is 1610 g/mol. The van der Waals surface area contributed by atoms with E-state index < -0.39 is 144 Å². The number of ketones is 1. The van der Waals surface area contributed by atoms with Crippen molar-refractivity contribution in [2.45, 2.75) is 288 Å². The number of carbonyl (C=O) groups is 13. The maximum atomic E-state index is 14.5. The summed E-state index contributed by atoms with van der Waals surface area (Å²) in [6.45, 7) is 15.2. The molecule has 2 saturated heterocycles. The molecule has 10 rings (SSSR count). The summed E-state index contributed by atoms with van der Waals surface area (Å²) >= 11 is 0. The van der Waals surface area contributed by atoms with Gasteiger partial charge < -0.3 is 85.5 Å². The van der Waals surface area contributed by atoms with Crippen molar-refractivity contribution in [1.82, 2.24) is 71.4 Å². The largest absolute Gasteiger partial charge is 0.458 e. The van der Waals surface area contributed by atoms with Gasteiger partial charge in [-0.1, -0.05) is 126 Å². The summed E-state index contributed by atoms with van der Waals surface area (Å²) in [6.07, 6.45) is 18.1. The number of hydrogen-bond donors (Lipinski definition) is 9. The number of nitrogens with zero attached hydrogens (tertiary/aromatic N) is 6. The first kappa shape index (κ1) is 90.0. The third-order valence-electron chi connectivity index (χ3n) is 21.5. The number of ether oxygens (including phenoxy) is 4. The Morgan fingerprint density at radius 2 is 0.966 bits per heavy atom. The second kappa shape index (κ2) is 43.3. The van der Waals surface area contributed by atoms with E-state index in [0.717, 1.165) is 89.9 Å². The Labute approximate surface area is 678 Å². The van der Waals surface area contributed by atoms with Crippen molar-refractivity contribution in [2.24, 2.45) is 11.8 Å². The molecule has 634 valence electrons. The van der Waals surface area contributed by atoms with Gasteiger partial charge in [-0.05, 0) is 129 Å². The summed E-state index contributed by atoms with van der Waals surface area (Å²) in [5.74, 6) is -8.54. The average Bonchev–Trinajstić information content (AvgIpc) is 1.64. The van der Waals surface area contributed by atoms with E-state index in [2.05, 4.69) is 52.5 Å². The summed E-state index contributed by atoms with van der Waals surface area (Å²) < 4.78 is 27.3. The zero-order valence-corrected chi connectivity index (χ0v) is 68.4. The standard InChI is InChI=1S/C42H61N7O9.C42H59N7O9/c2*1-5-14-31(37(52)39(54)43-23-34(51)47-36(28-17-10-7-11-18-28)41(56)58-42(2,3)4)45-38(53)32-22-30-25-49(32)40(55)35(27-15-8-6-9-16-27)46-33(50)21-29-24-48(26-44-29)19-12-13-20-57-30/h7,10-11,17-18,24,26-27,30-32,35-37,52H,5-6,8-9,12-16,19-23,25H2,1-4H3,(H,43,54)(H,45,53)(H,46,50)(H,47,51);7,10-11,17-18,24,26-27,30-32,35-36H,5-6,8-9,12-16,19-23,25H2,1-4H3,(H,43,54)(H,45,53)(H,46,50)(H,47,51)/t30-,31?,32+,35+,36+,37?;30-,31?,32+,35+,36+/m11/s1. The molecule has 32 nitrogen and oxygen atoms in total. The van der Waals surface area contributed by atoms with Crippen LogP contribution in [0.1, 0.15) is 218 Å². The Balaban J connectivity index is 0.000000265. The number of aryl methyl sites for hydroxylation is 2. The molecule has 6 heterocycles. The number of esters is 2. The van der Waals surface area contributed by atoms with Gasteiger partial charge in [0.15, 0.2) is 18.2 Å². The van der Waals surface area contributed by atoms with Gasteiger partial charge in [0.1, 0.15) is 35.4 Å². The number of fused-ring (bicyclic) bond motifs is 8. The number of amides is 10. The minimum atomic E-state index is -1.74. The SMILES string of the molecule is CCCC(NC(=O)[C@@H]1C[C@@H]2CN1C(=O)[C@H](C1CCCCC1)NC(=O)Cc1cn(cn1)CCCCO2)C(=O)C(=O)NCC(=O)N[C@H](C(=O)OC(C)(C)C)c1ccccc1.CCCC(NC(=O)[C@@H]1C[C@@H]2CN1C(=O)[C@H](C1CCCCC1)NC(=O)Cc1cn(cn1)CCCCO2)C(O)C(=O)NCC(=O)N[C@H](C(=O)OC(C)(C)C)c1ccccc1. The second-order valence-electron chi connectivity index (χ2n) is 33.2. The molecule has 116 heavy (non-hydrogen) atoms. The fraction of sp³-hybridized carbons (Fsp3) is 0.631. The number of benzene rings is 2. The minimum Gasteiger partial charge on any atom is -0.458 e. The molecule has 11 atom stereocenters. The molecule has 2 aromatic carbocycles. The van der Waals surface area contributed by atoms with Gasteiger partial charge in [0.05, 0.1) is 74.3 Å². The Kier molecular flexibility index (Phi) is 33.6. The number of aliphatic hydroxyl groups excluding tert-OH is 1. The van der Waals surface area contributed by atoms with Crippen LogP contribution in [0, 0.1) is 11.8 Å². The number of imidazole rings is 2. The van der Waals surface area contributed by atoms with Crippen LogP contribution in [-0.2, 0) is 107 Å². The molecule has 0 spiro atoms. The smallest absolute Gasteiger partial charge is 0.333 e. The highest BCUT2D eigenvalue weighted by Gasteiger charge is 2.48. The van der Waals surface area contributed by atoms with Crippen LogP contribution in [0.25, 0.3) is 0 Å². The summed E-state index contributed by atoms with van der Waals surface area (Å²) in [6, 6.07) is 8.75. The summed E-state index contributed by atoms with van der Waals surface area (Å²) in [5, 5.41) is 32.7. The normalized spacial score (nSPS) is 22.2. The van der Waals surface area contributed by atoms with Crippen LogP contribution in [0.5, 0.6) is 0 Å². The molecule has 9 N–H and O–H groups in total. The van der Waals surface area contributed by atoms with Gasteiger partial charge in [-0.15, -0.1) is 0 Å². The molecule has 32 heteroatoms. The molecular formula is C84H120N14O18. The molecule has 2 aromatic heterocycles. The van der Waals surface area contributed by atoms with Crippen molar-refractivity contribution in [3.63, 3.8) is 0 Å². The average molecular weight is 1610 g/mol. The van der Waals surface area contributed by atoms with Gasteiger partial charge in [-0.3, -0.25) is 52.7 Å². The van der Waals surface area contributed by atoms with Crippen molar-refractivity contribution in [3.05, 3.63) is 108 Å². The lowest BCUT2D eigenvalue weighted by atomic mass is 9.83. The zero-order chi connectivity index (χ0) is 83.6. The number of nitrogens with one attached hydrogen (secondary N) is 8. The number of Topliss-reactive ketones (excluding diaryl/α,β-unsaturated/α-hetero) is 1. The van der Waals surface area contributed by atoms with Crippen molar-refractivity contribution >= 4 is 76.8 Å². The van der Waals surface area contributed by atoms with E-state index in [1.807, 2.05) is 28.5 Å². The first-order valence-corrected chi connectivity index (χ1v) is 41.4. The van der Waals surface area contributed by atoms with Crippen LogP contribution in [0.4, 0.5) is 0 Å². The summed E-state index contributed by atoms with van der Waals surface area (Å²) in [4.78, 5) is 188. The molecular weight excluding hydrogens is 1490 g/mol. The van der Waals surface area contributed by atoms with Crippen LogP contribution in [0.3, 0.4) is 0 Å². The maximum Gasteiger partial charge on any atom is 0.333 e. The predicted octanol–water partition coefficient (Wildman–Crippen LogP) is 4.67. The van der Waals surface area contributed by atoms with Crippen molar-refractivity contribution in [3.8, 4) is 0 Å². The first-order valence-electron chi connectivity index (χ1n) is 41.4.